The lowest BCUT2D eigenvalue weighted by Gasteiger charge is -1.53. The quantitative estimate of drug-likeness (QED) is 0.359. The molecular formula is C2H4Cl2S. The summed E-state index contributed by atoms with van der Waals surface area (Å²) < 4.78 is -0.0556. The lowest BCUT2D eigenvalue weighted by Crippen LogP contribution is -1.45. The lowest BCUT2D eigenvalue weighted by molar-refractivity contribution is 2.50. The third-order valence-corrected chi connectivity index (χ3v) is 0. The van der Waals surface area contributed by atoms with E-state index >= 15 is 0 Å². The van der Waals surface area contributed by atoms with Gasteiger partial charge in [-0.15, -0.1) is 0 Å². The molecule has 0 rings (SSSR count). The van der Waals surface area contributed by atoms with Crippen LogP contribution in [-0.2, 0) is 0 Å². The second kappa shape index (κ2) is 4.67. The highest BCUT2D eigenvalue weighted by Gasteiger charge is 1.64. The zero-order valence-electron chi connectivity index (χ0n) is 1.66. The summed E-state index contributed by atoms with van der Waals surface area (Å²) in [6.45, 7) is 0. The molecule has 0 amide bonds. The Hall–Kier alpha value is 0.670. The molecule has 0 radical (unpaired) electrons. The van der Waals surface area contributed by atoms with Crippen molar-refractivity contribution in [3.05, 3.63) is 0 Å². The Balaban J connectivity index is 0. The van der Waals surface area contributed by atoms with E-state index in [0.29, 0.717) is 0 Å². The third-order valence-electron chi connectivity index (χ3n) is 0. The normalized spacial score (nSPS) is 5.20. The van der Waals surface area contributed by atoms with Gasteiger partial charge < -0.3 is 0 Å². The molecule has 0 heterocycles. The van der Waals surface area contributed by atoms with E-state index in [4.69, 9.17) is 23.2 Å². The Kier molecular flexibility index (Phi) is 8.57. The molecule has 0 unspecified atom stereocenters. The van der Waals surface area contributed by atoms with Crippen LogP contribution in [0.1, 0.15) is 7.43 Å². The summed E-state index contributed by atoms with van der Waals surface area (Å²) in [5.41, 5.74) is 0. The molecule has 0 bridgehead atoms. The van der Waals surface area contributed by atoms with Crippen molar-refractivity contribution in [2.24, 2.45) is 0 Å². The Morgan fingerprint density at radius 2 is 1.40 bits per heavy atom. The first-order valence-electron chi connectivity index (χ1n) is 0.582. The van der Waals surface area contributed by atoms with Crippen LogP contribution in [0.2, 0.25) is 0 Å². The van der Waals surface area contributed by atoms with Crippen LogP contribution in [0.15, 0.2) is 0 Å². The van der Waals surface area contributed by atoms with E-state index < -0.39 is 0 Å². The standard InChI is InChI=1S/CCl2S.CH4/c2-1(3)4;/h;1H4. The van der Waals surface area contributed by atoms with Crippen LogP contribution in [0.4, 0.5) is 0 Å². The van der Waals surface area contributed by atoms with Gasteiger partial charge in [0.2, 0.25) is 0 Å². The van der Waals surface area contributed by atoms with Gasteiger partial charge in [0.1, 0.15) is 0 Å². The number of hydrogen-bond acceptors (Lipinski definition) is 1. The number of hydrogen-bond donors (Lipinski definition) is 0. The van der Waals surface area contributed by atoms with Gasteiger partial charge in [0.15, 0.2) is 3.78 Å². The molecule has 0 aromatic carbocycles. The van der Waals surface area contributed by atoms with Crippen LogP contribution in [0.25, 0.3) is 0 Å². The molecule has 5 heavy (non-hydrogen) atoms. The highest BCUT2D eigenvalue weighted by Crippen LogP contribution is 1.86. The molecule has 0 saturated heterocycles. The first kappa shape index (κ1) is 9.18. The van der Waals surface area contributed by atoms with Crippen molar-refractivity contribution in [3.8, 4) is 0 Å². The summed E-state index contributed by atoms with van der Waals surface area (Å²) in [6.07, 6.45) is 0. The van der Waals surface area contributed by atoms with Gasteiger partial charge in [-0.2, -0.15) is 0 Å². The lowest BCUT2D eigenvalue weighted by atomic mass is 11.9. The molecule has 0 N–H and O–H groups in total. The minimum absolute atomic E-state index is 0. The smallest absolute Gasteiger partial charge is 0.0776 e. The predicted octanol–water partition coefficient (Wildman–Crippen LogP) is 2.39. The SMILES string of the molecule is C.S=C(Cl)Cl. The summed E-state index contributed by atoms with van der Waals surface area (Å²) in [7, 11) is 0. The van der Waals surface area contributed by atoms with Gasteiger partial charge in [0.25, 0.3) is 0 Å². The van der Waals surface area contributed by atoms with E-state index in [1.165, 1.54) is 0 Å². The van der Waals surface area contributed by atoms with Crippen LogP contribution >= 0.6 is 35.4 Å². The maximum absolute atomic E-state index is 4.77. The first-order valence-corrected chi connectivity index (χ1v) is 1.75. The average molecular weight is 131 g/mol. The molecule has 0 saturated carbocycles. The summed E-state index contributed by atoms with van der Waals surface area (Å²) in [5, 5.41) is 0. The Morgan fingerprint density at radius 3 is 1.40 bits per heavy atom. The molecule has 32 valence electrons. The van der Waals surface area contributed by atoms with E-state index in [9.17, 15) is 0 Å². The summed E-state index contributed by atoms with van der Waals surface area (Å²) in [6, 6.07) is 0. The zero-order chi connectivity index (χ0) is 3.58. The van der Waals surface area contributed by atoms with Crippen molar-refractivity contribution >= 4 is 39.2 Å². The molecular weight excluding hydrogens is 127 g/mol. The zero-order valence-corrected chi connectivity index (χ0v) is 3.99. The van der Waals surface area contributed by atoms with Crippen LogP contribution in [0.3, 0.4) is 0 Å². The van der Waals surface area contributed by atoms with Gasteiger partial charge in [-0.25, -0.2) is 0 Å². The molecule has 0 nitrogen and oxygen atoms in total. The molecule has 0 aromatic heterocycles. The van der Waals surface area contributed by atoms with Gasteiger partial charge >= 0.3 is 0 Å². The fraction of sp³-hybridized carbons (Fsp3) is 0.500. The molecule has 0 fully saturated rings. The third kappa shape index (κ3) is 74.2. The second-order valence-electron chi connectivity index (χ2n) is 0.226. The van der Waals surface area contributed by atoms with Crippen molar-refractivity contribution in [1.82, 2.24) is 0 Å². The van der Waals surface area contributed by atoms with Crippen LogP contribution in [0.5, 0.6) is 0 Å². The molecule has 0 aliphatic carbocycles. The van der Waals surface area contributed by atoms with Crippen molar-refractivity contribution in [3.63, 3.8) is 0 Å². The minimum atomic E-state index is -0.0556. The van der Waals surface area contributed by atoms with Crippen molar-refractivity contribution in [2.75, 3.05) is 0 Å². The maximum Gasteiger partial charge on any atom is 0.169 e. The van der Waals surface area contributed by atoms with Crippen LogP contribution < -0.4 is 0 Å². The van der Waals surface area contributed by atoms with E-state index in [0.717, 1.165) is 0 Å². The summed E-state index contributed by atoms with van der Waals surface area (Å²) in [5.74, 6) is 0. The van der Waals surface area contributed by atoms with Crippen molar-refractivity contribution < 1.29 is 0 Å². The van der Waals surface area contributed by atoms with E-state index in [-0.39, 0.29) is 11.2 Å². The van der Waals surface area contributed by atoms with Crippen LogP contribution in [0, 0.1) is 0 Å². The monoisotopic (exact) mass is 130 g/mol. The Morgan fingerprint density at radius 1 is 1.40 bits per heavy atom. The number of halogens is 2. The van der Waals surface area contributed by atoms with Gasteiger partial charge in [-0.05, 0) is 0 Å². The molecule has 0 atom stereocenters. The van der Waals surface area contributed by atoms with Gasteiger partial charge in [-0.3, -0.25) is 0 Å². The van der Waals surface area contributed by atoms with Gasteiger partial charge in [0, 0.05) is 0 Å². The second-order valence-corrected chi connectivity index (χ2v) is 2.03. The molecule has 0 spiro atoms. The number of rotatable bonds is 0. The largest absolute Gasteiger partial charge is 0.169 e. The van der Waals surface area contributed by atoms with E-state index in [1.54, 1.807) is 0 Å². The molecule has 0 aliphatic rings. The molecule has 0 aromatic rings. The molecule has 3 heteroatoms. The van der Waals surface area contributed by atoms with Crippen LogP contribution in [-0.4, -0.2) is 3.78 Å². The minimum Gasteiger partial charge on any atom is -0.0776 e. The summed E-state index contributed by atoms with van der Waals surface area (Å²) in [4.78, 5) is 0. The highest BCUT2D eigenvalue weighted by molar-refractivity contribution is 7.86. The van der Waals surface area contributed by atoms with Gasteiger partial charge in [-0.1, -0.05) is 42.8 Å². The van der Waals surface area contributed by atoms with E-state index in [2.05, 4.69) is 12.2 Å². The fourth-order valence-corrected chi connectivity index (χ4v) is 0. The summed E-state index contributed by atoms with van der Waals surface area (Å²) >= 11 is 13.6. The highest BCUT2D eigenvalue weighted by atomic mass is 35.5. The topological polar surface area (TPSA) is 0 Å². The average Bonchev–Trinajstić information content (AvgIpc) is 0.811. The number of thiocarbonyl (C=S) groups is 1. The fourth-order valence-electron chi connectivity index (χ4n) is 0. The Labute approximate surface area is 47.1 Å². The van der Waals surface area contributed by atoms with Gasteiger partial charge in [0.05, 0.1) is 0 Å². The van der Waals surface area contributed by atoms with E-state index in [1.807, 2.05) is 0 Å². The van der Waals surface area contributed by atoms with Crippen molar-refractivity contribution in [1.29, 1.82) is 0 Å². The maximum atomic E-state index is 4.77. The predicted molar refractivity (Wildman–Crippen MR) is 31.0 cm³/mol. The molecule has 0 aliphatic heterocycles. The van der Waals surface area contributed by atoms with Crippen molar-refractivity contribution in [2.45, 2.75) is 7.43 Å². The Bertz CT molecular complexity index is 30.6. The first-order chi connectivity index (χ1) is 1.73.